The van der Waals surface area contributed by atoms with Crippen LogP contribution in [-0.4, -0.2) is 90.3 Å². The molecular weight excluding hydrogens is 660 g/mol. The number of urea groups is 1. The number of nitrogens with one attached hydrogen (secondary N) is 4. The van der Waals surface area contributed by atoms with Gasteiger partial charge in [-0.25, -0.2) is 18.2 Å². The van der Waals surface area contributed by atoms with E-state index in [4.69, 9.17) is 0 Å². The normalized spacial score (nSPS) is 23.4. The summed E-state index contributed by atoms with van der Waals surface area (Å²) in [7, 11) is -3.84. The molecule has 3 fully saturated rings. The molecule has 0 bridgehead atoms. The molecule has 50 heavy (non-hydrogen) atoms. The molecule has 13 nitrogen and oxygen atoms in total. The zero-order chi connectivity index (χ0) is 37.1. The lowest BCUT2D eigenvalue weighted by atomic mass is 9.83. The molecule has 2 heterocycles. The average Bonchev–Trinajstić information content (AvgIpc) is 3.36. The molecule has 0 radical (unpaired) electrons. The molecule has 276 valence electrons. The molecule has 3 aliphatic rings. The molecule has 14 heteroatoms. The van der Waals surface area contributed by atoms with Crippen molar-refractivity contribution in [3.8, 4) is 0 Å². The van der Waals surface area contributed by atoms with Gasteiger partial charge in [0.1, 0.15) is 12.1 Å². The van der Waals surface area contributed by atoms with Gasteiger partial charge in [0.05, 0.1) is 17.3 Å². The molecule has 1 aromatic heterocycles. The van der Waals surface area contributed by atoms with E-state index in [1.807, 2.05) is 41.5 Å². The Morgan fingerprint density at radius 1 is 1.08 bits per heavy atom. The molecule has 1 aromatic rings. The van der Waals surface area contributed by atoms with Crippen molar-refractivity contribution in [3.63, 3.8) is 0 Å². The number of amides is 5. The van der Waals surface area contributed by atoms with E-state index in [1.165, 1.54) is 23.2 Å². The minimum absolute atomic E-state index is 0.0372. The fourth-order valence-electron chi connectivity index (χ4n) is 7.76. The van der Waals surface area contributed by atoms with E-state index < -0.39 is 68.5 Å². The van der Waals surface area contributed by atoms with Crippen LogP contribution in [0, 0.1) is 22.7 Å². The van der Waals surface area contributed by atoms with Gasteiger partial charge in [-0.3, -0.25) is 19.2 Å². The highest BCUT2D eigenvalue weighted by Gasteiger charge is 2.70. The molecule has 0 spiro atoms. The lowest BCUT2D eigenvalue weighted by Crippen LogP contribution is -2.63. The smallest absolute Gasteiger partial charge is 0.315 e. The molecule has 1 aliphatic heterocycles. The maximum absolute atomic E-state index is 14.4. The van der Waals surface area contributed by atoms with Gasteiger partial charge in [0.2, 0.25) is 17.6 Å². The summed E-state index contributed by atoms with van der Waals surface area (Å²) in [5.74, 6) is -3.01. The number of rotatable bonds is 14. The van der Waals surface area contributed by atoms with Crippen LogP contribution in [0.15, 0.2) is 42.1 Å². The third kappa shape index (κ3) is 8.55. The van der Waals surface area contributed by atoms with Crippen LogP contribution in [0.2, 0.25) is 0 Å². The fraction of sp³-hybridized carbons (Fsp3) is 0.667. The summed E-state index contributed by atoms with van der Waals surface area (Å²) >= 11 is 0. The van der Waals surface area contributed by atoms with Crippen LogP contribution in [0.1, 0.15) is 86.5 Å². The van der Waals surface area contributed by atoms with Crippen LogP contribution in [0.25, 0.3) is 0 Å². The summed E-state index contributed by atoms with van der Waals surface area (Å²) in [5, 5.41) is 11.0. The number of hydrogen-bond acceptors (Lipinski definition) is 8. The van der Waals surface area contributed by atoms with E-state index in [0.717, 1.165) is 19.3 Å². The highest BCUT2D eigenvalue weighted by atomic mass is 32.2. The SMILES string of the molecule is C=CCNC(=O)C(=O)C(CCC)NC(=O)[C@@H]1C2[C@H](CN1C(=O)[C@@H](NC(=O)NC1(CS(=O)(=O)c3ccccn3)CCCCC1)C(C)(C)C)C2(C)C. The molecule has 2 aliphatic carbocycles. The van der Waals surface area contributed by atoms with Gasteiger partial charge < -0.3 is 26.2 Å². The molecule has 1 saturated heterocycles. The van der Waals surface area contributed by atoms with Gasteiger partial charge in [-0.2, -0.15) is 0 Å². The Labute approximate surface area is 296 Å². The van der Waals surface area contributed by atoms with Crippen LogP contribution >= 0.6 is 0 Å². The first-order chi connectivity index (χ1) is 23.4. The van der Waals surface area contributed by atoms with E-state index >= 15 is 0 Å². The van der Waals surface area contributed by atoms with E-state index in [0.29, 0.717) is 25.8 Å². The Morgan fingerprint density at radius 2 is 1.76 bits per heavy atom. The Hall–Kier alpha value is -3.81. The topological polar surface area (TPSA) is 184 Å². The van der Waals surface area contributed by atoms with Crippen LogP contribution in [0.5, 0.6) is 0 Å². The lowest BCUT2D eigenvalue weighted by molar-refractivity contribution is -0.145. The summed E-state index contributed by atoms with van der Waals surface area (Å²) in [6, 6.07) is 0.974. The first kappa shape index (κ1) is 39.0. The summed E-state index contributed by atoms with van der Waals surface area (Å²) in [5.41, 5.74) is -2.06. The number of carbonyl (C=O) groups excluding carboxylic acids is 5. The molecule has 2 unspecified atom stereocenters. The number of piperidine rings is 1. The number of aromatic nitrogens is 1. The van der Waals surface area contributed by atoms with Crippen LogP contribution in [0.3, 0.4) is 0 Å². The third-order valence-electron chi connectivity index (χ3n) is 10.6. The number of ketones is 1. The van der Waals surface area contributed by atoms with E-state index in [9.17, 15) is 32.4 Å². The Bertz CT molecular complexity index is 1570. The van der Waals surface area contributed by atoms with Gasteiger partial charge in [-0.1, -0.05) is 79.4 Å². The van der Waals surface area contributed by atoms with Crippen molar-refractivity contribution in [2.75, 3.05) is 18.8 Å². The maximum atomic E-state index is 14.4. The fourth-order valence-corrected chi connectivity index (χ4v) is 9.51. The predicted octanol–water partition coefficient (Wildman–Crippen LogP) is 2.91. The van der Waals surface area contributed by atoms with Crippen molar-refractivity contribution in [2.24, 2.45) is 22.7 Å². The molecule has 4 rings (SSSR count). The second-order valence-corrected chi connectivity index (χ2v) is 17.7. The third-order valence-corrected chi connectivity index (χ3v) is 12.4. The number of likely N-dealkylation sites (tertiary alicyclic amines) is 1. The summed E-state index contributed by atoms with van der Waals surface area (Å²) in [6.45, 7) is 15.3. The van der Waals surface area contributed by atoms with Crippen molar-refractivity contribution < 1.29 is 32.4 Å². The number of sulfone groups is 1. The standard InChI is InChI=1S/C36H54N6O7S/c1-8-15-24(28(43)31(45)38-19-9-2)39-30(44)27-26-23(35(26,6)7)21-42(27)32(46)29(34(3,4)5)40-33(47)41-36(17-12-10-13-18-36)22-50(48,49)25-16-11-14-20-37-25/h9,11,14,16,20,23-24,26-27,29H,2,8,10,12-13,15,17-19,21-22H2,1,3-7H3,(H,38,45)(H,39,44)(H2,40,41,47)/t23-,24?,26?,27-,29+/m0/s1. The number of hydrogen-bond donors (Lipinski definition) is 4. The molecule has 5 amide bonds. The number of pyridine rings is 1. The monoisotopic (exact) mass is 714 g/mol. The first-order valence-electron chi connectivity index (χ1n) is 17.6. The van der Waals surface area contributed by atoms with Crippen LogP contribution in [-0.2, 0) is 29.0 Å². The Kier molecular flexibility index (Phi) is 11.9. The van der Waals surface area contributed by atoms with Crippen molar-refractivity contribution in [1.29, 1.82) is 0 Å². The van der Waals surface area contributed by atoms with Crippen molar-refractivity contribution in [2.45, 2.75) is 115 Å². The van der Waals surface area contributed by atoms with Gasteiger partial charge in [0.15, 0.2) is 14.9 Å². The van der Waals surface area contributed by atoms with E-state index in [1.54, 1.807) is 12.1 Å². The summed E-state index contributed by atoms with van der Waals surface area (Å²) < 4.78 is 26.8. The average molecular weight is 715 g/mol. The Balaban J connectivity index is 1.55. The van der Waals surface area contributed by atoms with Crippen molar-refractivity contribution in [3.05, 3.63) is 37.1 Å². The second-order valence-electron chi connectivity index (χ2n) is 15.8. The molecular formula is C36H54N6O7S. The summed E-state index contributed by atoms with van der Waals surface area (Å²) in [4.78, 5) is 73.2. The van der Waals surface area contributed by atoms with Crippen LogP contribution in [0.4, 0.5) is 4.79 Å². The molecule has 0 aromatic carbocycles. The second kappa shape index (κ2) is 15.2. The Morgan fingerprint density at radius 3 is 2.34 bits per heavy atom. The minimum atomic E-state index is -3.84. The van der Waals surface area contributed by atoms with Crippen molar-refractivity contribution in [1.82, 2.24) is 31.2 Å². The molecule has 2 saturated carbocycles. The van der Waals surface area contributed by atoms with Crippen molar-refractivity contribution >= 4 is 39.4 Å². The number of fused-ring (bicyclic) bond motifs is 1. The van der Waals surface area contributed by atoms with Gasteiger partial charge in [-0.05, 0) is 54.1 Å². The number of nitrogens with zero attached hydrogens (tertiary/aromatic N) is 2. The van der Waals surface area contributed by atoms with Gasteiger partial charge in [0, 0.05) is 19.3 Å². The quantitative estimate of drug-likeness (QED) is 0.168. The van der Waals surface area contributed by atoms with Gasteiger partial charge >= 0.3 is 6.03 Å². The van der Waals surface area contributed by atoms with Gasteiger partial charge in [-0.15, -0.1) is 6.58 Å². The van der Waals surface area contributed by atoms with E-state index in [-0.39, 0.29) is 41.0 Å². The first-order valence-corrected chi connectivity index (χ1v) is 19.3. The lowest BCUT2D eigenvalue weighted by Gasteiger charge is -2.40. The zero-order valence-electron chi connectivity index (χ0n) is 30.2. The maximum Gasteiger partial charge on any atom is 0.315 e. The largest absolute Gasteiger partial charge is 0.346 e. The highest BCUT2D eigenvalue weighted by molar-refractivity contribution is 7.91. The highest BCUT2D eigenvalue weighted by Crippen LogP contribution is 2.65. The molecule has 5 atom stereocenters. The molecule has 4 N–H and O–H groups in total. The zero-order valence-corrected chi connectivity index (χ0v) is 31.0. The van der Waals surface area contributed by atoms with Gasteiger partial charge in [0.25, 0.3) is 5.91 Å². The number of Topliss-reactive ketones (excluding diaryl/α,β-unsaturated/α-hetero) is 1. The predicted molar refractivity (Wildman–Crippen MR) is 188 cm³/mol. The number of carbonyl (C=O) groups is 5. The van der Waals surface area contributed by atoms with Crippen LogP contribution < -0.4 is 21.3 Å². The summed E-state index contributed by atoms with van der Waals surface area (Å²) in [6.07, 6.45) is 6.95. The minimum Gasteiger partial charge on any atom is -0.346 e. The van der Waals surface area contributed by atoms with E-state index in [2.05, 4.69) is 32.8 Å².